The number of benzene rings is 1. The normalized spacial score (nSPS) is 10.6. The van der Waals surface area contributed by atoms with E-state index in [2.05, 4.69) is 15.3 Å². The number of amides is 1. The average molecular weight is 286 g/mol. The molecule has 0 saturated carbocycles. The molecule has 0 atom stereocenters. The van der Waals surface area contributed by atoms with Crippen LogP contribution in [0.3, 0.4) is 0 Å². The third kappa shape index (κ3) is 3.90. The van der Waals surface area contributed by atoms with E-state index in [1.165, 1.54) is 0 Å². The van der Waals surface area contributed by atoms with Gasteiger partial charge in [0.15, 0.2) is 0 Å². The van der Waals surface area contributed by atoms with Gasteiger partial charge in [0.1, 0.15) is 12.1 Å². The summed E-state index contributed by atoms with van der Waals surface area (Å²) in [5.41, 5.74) is 0.925. The van der Waals surface area contributed by atoms with Gasteiger partial charge in [0.2, 0.25) is 5.91 Å². The molecule has 0 spiro atoms. The van der Waals surface area contributed by atoms with Gasteiger partial charge in [0.05, 0.1) is 5.52 Å². The molecule has 0 aliphatic carbocycles. The maximum absolute atomic E-state index is 11.9. The van der Waals surface area contributed by atoms with Gasteiger partial charge in [0.25, 0.3) is 0 Å². The van der Waals surface area contributed by atoms with Crippen LogP contribution in [-0.2, 0) is 4.79 Å². The van der Waals surface area contributed by atoms with Gasteiger partial charge in [-0.15, -0.1) is 0 Å². The zero-order chi connectivity index (χ0) is 15.1. The van der Waals surface area contributed by atoms with Gasteiger partial charge >= 0.3 is 0 Å². The van der Waals surface area contributed by atoms with Gasteiger partial charge < -0.3 is 10.2 Å². The molecule has 112 valence electrons. The monoisotopic (exact) mass is 286 g/mol. The number of hydrogen-bond donors (Lipinski definition) is 1. The first-order chi connectivity index (χ1) is 10.3. The summed E-state index contributed by atoms with van der Waals surface area (Å²) in [6.45, 7) is 6.30. The second-order valence-electron chi connectivity index (χ2n) is 4.84. The van der Waals surface area contributed by atoms with Crippen LogP contribution in [0.25, 0.3) is 10.9 Å². The Morgan fingerprint density at radius 2 is 1.95 bits per heavy atom. The van der Waals surface area contributed by atoms with E-state index in [0.29, 0.717) is 6.42 Å². The Labute approximate surface area is 125 Å². The summed E-state index contributed by atoms with van der Waals surface area (Å²) >= 11 is 0. The highest BCUT2D eigenvalue weighted by Crippen LogP contribution is 2.18. The molecule has 1 N–H and O–H groups in total. The quantitative estimate of drug-likeness (QED) is 0.795. The molecule has 5 nitrogen and oxygen atoms in total. The lowest BCUT2D eigenvalue weighted by Crippen LogP contribution is -2.30. The molecule has 0 bridgehead atoms. The number of nitrogens with zero attached hydrogens (tertiary/aromatic N) is 3. The van der Waals surface area contributed by atoms with E-state index < -0.39 is 0 Å². The van der Waals surface area contributed by atoms with E-state index in [9.17, 15) is 4.79 Å². The molecule has 0 aliphatic rings. The molecular weight excluding hydrogens is 264 g/mol. The molecule has 0 aliphatic heterocycles. The van der Waals surface area contributed by atoms with Gasteiger partial charge in [-0.25, -0.2) is 9.97 Å². The predicted octanol–water partition coefficient (Wildman–Crippen LogP) is 2.69. The Bertz CT molecular complexity index is 590. The Balaban J connectivity index is 1.87. The van der Waals surface area contributed by atoms with E-state index in [4.69, 9.17) is 0 Å². The molecule has 0 unspecified atom stereocenters. The summed E-state index contributed by atoms with van der Waals surface area (Å²) in [5, 5.41) is 4.31. The van der Waals surface area contributed by atoms with Crippen LogP contribution in [0.2, 0.25) is 0 Å². The van der Waals surface area contributed by atoms with Gasteiger partial charge in [0, 0.05) is 31.4 Å². The second kappa shape index (κ2) is 7.57. The fourth-order valence-electron chi connectivity index (χ4n) is 2.33. The first kappa shape index (κ1) is 15.2. The fourth-order valence-corrected chi connectivity index (χ4v) is 2.33. The van der Waals surface area contributed by atoms with Crippen LogP contribution in [0, 0.1) is 0 Å². The molecular formula is C16H22N4O. The topological polar surface area (TPSA) is 58.1 Å². The van der Waals surface area contributed by atoms with Crippen LogP contribution in [0.4, 0.5) is 5.82 Å². The molecule has 0 saturated heterocycles. The smallest absolute Gasteiger partial charge is 0.222 e. The van der Waals surface area contributed by atoms with Crippen LogP contribution >= 0.6 is 0 Å². The number of anilines is 1. The summed E-state index contributed by atoms with van der Waals surface area (Å²) < 4.78 is 0. The number of fused-ring (bicyclic) bond motifs is 1. The molecule has 0 fully saturated rings. The minimum Gasteiger partial charge on any atom is -0.369 e. The zero-order valence-electron chi connectivity index (χ0n) is 12.7. The van der Waals surface area contributed by atoms with Crippen LogP contribution < -0.4 is 5.32 Å². The maximum atomic E-state index is 11.9. The molecule has 1 amide bonds. The number of aromatic nitrogens is 2. The minimum absolute atomic E-state index is 0.217. The van der Waals surface area contributed by atoms with Crippen molar-refractivity contribution in [3.63, 3.8) is 0 Å². The lowest BCUT2D eigenvalue weighted by Gasteiger charge is -2.18. The van der Waals surface area contributed by atoms with Crippen LogP contribution in [0.1, 0.15) is 26.7 Å². The third-order valence-electron chi connectivity index (χ3n) is 3.52. The van der Waals surface area contributed by atoms with E-state index in [1.807, 2.05) is 43.0 Å². The fraction of sp³-hybridized carbons (Fsp3) is 0.438. The molecule has 1 heterocycles. The molecule has 2 rings (SSSR count). The largest absolute Gasteiger partial charge is 0.369 e. The number of rotatable bonds is 7. The summed E-state index contributed by atoms with van der Waals surface area (Å²) in [5.74, 6) is 1.05. The Hall–Kier alpha value is -2.17. The zero-order valence-corrected chi connectivity index (χ0v) is 12.7. The van der Waals surface area contributed by atoms with Crippen molar-refractivity contribution in [3.8, 4) is 0 Å². The lowest BCUT2D eigenvalue weighted by atomic mass is 10.2. The van der Waals surface area contributed by atoms with Crippen molar-refractivity contribution in [1.29, 1.82) is 0 Å². The molecule has 21 heavy (non-hydrogen) atoms. The molecule has 2 aromatic rings. The molecule has 1 aromatic carbocycles. The highest BCUT2D eigenvalue weighted by Gasteiger charge is 2.08. The first-order valence-electron chi connectivity index (χ1n) is 7.47. The van der Waals surface area contributed by atoms with Crippen molar-refractivity contribution >= 4 is 22.6 Å². The highest BCUT2D eigenvalue weighted by molar-refractivity contribution is 5.88. The van der Waals surface area contributed by atoms with Crippen molar-refractivity contribution in [2.75, 3.05) is 25.0 Å². The highest BCUT2D eigenvalue weighted by atomic mass is 16.2. The van der Waals surface area contributed by atoms with E-state index in [-0.39, 0.29) is 5.91 Å². The summed E-state index contributed by atoms with van der Waals surface area (Å²) in [6, 6.07) is 7.90. The average Bonchev–Trinajstić information content (AvgIpc) is 2.53. The van der Waals surface area contributed by atoms with E-state index in [1.54, 1.807) is 6.33 Å². The lowest BCUT2D eigenvalue weighted by molar-refractivity contribution is -0.130. The van der Waals surface area contributed by atoms with Crippen LogP contribution in [0.15, 0.2) is 30.6 Å². The Kier molecular flexibility index (Phi) is 5.49. The second-order valence-corrected chi connectivity index (χ2v) is 4.84. The van der Waals surface area contributed by atoms with Crippen molar-refractivity contribution < 1.29 is 4.79 Å². The van der Waals surface area contributed by atoms with E-state index >= 15 is 0 Å². The number of hydrogen-bond acceptors (Lipinski definition) is 4. The van der Waals surface area contributed by atoms with Gasteiger partial charge in [-0.1, -0.05) is 12.1 Å². The standard InChI is InChI=1S/C16H22N4O/c1-3-20(4-2)15(21)10-7-11-17-16-13-8-5-6-9-14(13)18-12-19-16/h5-6,8-9,12H,3-4,7,10-11H2,1-2H3,(H,17,18,19). The third-order valence-corrected chi connectivity index (χ3v) is 3.52. The SMILES string of the molecule is CCN(CC)C(=O)CCCNc1ncnc2ccccc12. The Morgan fingerprint density at radius 3 is 2.71 bits per heavy atom. The van der Waals surface area contributed by atoms with Crippen molar-refractivity contribution in [2.24, 2.45) is 0 Å². The maximum Gasteiger partial charge on any atom is 0.222 e. The number of nitrogens with one attached hydrogen (secondary N) is 1. The van der Waals surface area contributed by atoms with Gasteiger partial charge in [-0.3, -0.25) is 4.79 Å². The van der Waals surface area contributed by atoms with Gasteiger partial charge in [-0.05, 0) is 32.4 Å². The first-order valence-corrected chi connectivity index (χ1v) is 7.47. The number of carbonyl (C=O) groups excluding carboxylic acids is 1. The number of para-hydroxylation sites is 1. The summed E-state index contributed by atoms with van der Waals surface area (Å²) in [7, 11) is 0. The molecule has 0 radical (unpaired) electrons. The predicted molar refractivity (Wildman–Crippen MR) is 85.2 cm³/mol. The van der Waals surface area contributed by atoms with Crippen molar-refractivity contribution in [2.45, 2.75) is 26.7 Å². The molecule has 1 aromatic heterocycles. The number of carbonyl (C=O) groups is 1. The Morgan fingerprint density at radius 1 is 1.19 bits per heavy atom. The van der Waals surface area contributed by atoms with Crippen molar-refractivity contribution in [3.05, 3.63) is 30.6 Å². The minimum atomic E-state index is 0.217. The van der Waals surface area contributed by atoms with Gasteiger partial charge in [-0.2, -0.15) is 0 Å². The summed E-state index contributed by atoms with van der Waals surface area (Å²) in [4.78, 5) is 22.3. The van der Waals surface area contributed by atoms with Crippen LogP contribution in [-0.4, -0.2) is 40.4 Å². The molecule has 5 heteroatoms. The van der Waals surface area contributed by atoms with Crippen LogP contribution in [0.5, 0.6) is 0 Å². The van der Waals surface area contributed by atoms with Crippen molar-refractivity contribution in [1.82, 2.24) is 14.9 Å². The summed E-state index contributed by atoms with van der Waals surface area (Å²) in [6.07, 6.45) is 2.93. The van der Waals surface area contributed by atoms with E-state index in [0.717, 1.165) is 42.8 Å².